The molecule has 11 nitrogen and oxygen atoms in total. The number of aryl methyl sites for hydroxylation is 1. The largest absolute Gasteiger partial charge is 0.444 e. The van der Waals surface area contributed by atoms with Crippen LogP contribution < -0.4 is 14.8 Å². The van der Waals surface area contributed by atoms with E-state index in [9.17, 15) is 13.2 Å². The maximum absolute atomic E-state index is 13.2. The third-order valence-electron chi connectivity index (χ3n) is 8.96. The molecule has 1 aliphatic carbocycles. The fourth-order valence-corrected chi connectivity index (χ4v) is 8.20. The van der Waals surface area contributed by atoms with E-state index in [2.05, 4.69) is 20.0 Å². The SMILES string of the molecule is Cc1ccc2c(NS(=O)(=O)CC3CCCCC3)cccc2c1Oc1ncccc1-c1ccnc(N[C@H]2CCCN(C(=O)OC(C)(C)C)C2)n1. The van der Waals surface area contributed by atoms with Crippen LogP contribution in [0.25, 0.3) is 22.0 Å². The first-order valence-electron chi connectivity index (χ1n) is 17.2. The Hall–Kier alpha value is -4.45. The number of ether oxygens (including phenoxy) is 2. The minimum Gasteiger partial charge on any atom is -0.444 e. The van der Waals surface area contributed by atoms with Gasteiger partial charge < -0.3 is 19.7 Å². The second-order valence-corrected chi connectivity index (χ2v) is 15.9. The molecule has 0 bridgehead atoms. The molecule has 49 heavy (non-hydrogen) atoms. The van der Waals surface area contributed by atoms with Gasteiger partial charge in [0.25, 0.3) is 0 Å². The second-order valence-electron chi connectivity index (χ2n) is 14.1. The van der Waals surface area contributed by atoms with Gasteiger partial charge in [0.05, 0.1) is 22.7 Å². The van der Waals surface area contributed by atoms with E-state index in [1.54, 1.807) is 29.4 Å². The summed E-state index contributed by atoms with van der Waals surface area (Å²) in [5.74, 6) is 1.71. The smallest absolute Gasteiger partial charge is 0.410 e. The molecule has 1 saturated carbocycles. The zero-order valence-corrected chi connectivity index (χ0v) is 29.6. The van der Waals surface area contributed by atoms with Crippen LogP contribution in [0.1, 0.15) is 71.3 Å². The molecule has 0 spiro atoms. The Bertz CT molecular complexity index is 1910. The van der Waals surface area contributed by atoms with Gasteiger partial charge in [0.1, 0.15) is 11.4 Å². The van der Waals surface area contributed by atoms with Crippen molar-refractivity contribution < 1.29 is 22.7 Å². The van der Waals surface area contributed by atoms with Crippen molar-refractivity contribution in [1.82, 2.24) is 19.9 Å². The van der Waals surface area contributed by atoms with Crippen molar-refractivity contribution in [2.24, 2.45) is 5.92 Å². The maximum atomic E-state index is 13.2. The molecule has 2 fully saturated rings. The van der Waals surface area contributed by atoms with E-state index >= 15 is 0 Å². The minimum atomic E-state index is -3.53. The fraction of sp³-hybridized carbons (Fsp3) is 0.459. The first-order chi connectivity index (χ1) is 23.4. The lowest BCUT2D eigenvalue weighted by Crippen LogP contribution is -2.47. The Labute approximate surface area is 288 Å². The van der Waals surface area contributed by atoms with E-state index in [1.165, 1.54) is 6.42 Å². The lowest BCUT2D eigenvalue weighted by Gasteiger charge is -2.34. The number of carbonyl (C=O) groups is 1. The molecule has 1 aliphatic heterocycles. The third kappa shape index (κ3) is 8.78. The van der Waals surface area contributed by atoms with Crippen LogP contribution >= 0.6 is 0 Å². The predicted molar refractivity (Wildman–Crippen MR) is 192 cm³/mol. The number of anilines is 2. The van der Waals surface area contributed by atoms with E-state index in [-0.39, 0.29) is 23.8 Å². The van der Waals surface area contributed by atoms with E-state index in [0.29, 0.717) is 47.6 Å². The number of benzene rings is 2. The fourth-order valence-electron chi connectivity index (χ4n) is 6.65. The molecule has 2 aliphatic rings. The van der Waals surface area contributed by atoms with Crippen LogP contribution in [-0.2, 0) is 14.8 Å². The molecule has 2 aromatic carbocycles. The molecule has 0 unspecified atom stereocenters. The number of likely N-dealkylation sites (tertiary alicyclic amines) is 1. The Kier molecular flexibility index (Phi) is 10.2. The minimum absolute atomic E-state index is 0.0336. The van der Waals surface area contributed by atoms with Gasteiger partial charge in [-0.2, -0.15) is 0 Å². The van der Waals surface area contributed by atoms with Crippen LogP contribution in [0.15, 0.2) is 60.9 Å². The molecule has 1 amide bonds. The van der Waals surface area contributed by atoms with Gasteiger partial charge in [0.15, 0.2) is 0 Å². The number of hydrogen-bond acceptors (Lipinski definition) is 9. The molecular formula is C37H46N6O5S. The van der Waals surface area contributed by atoms with E-state index in [4.69, 9.17) is 14.5 Å². The molecule has 3 heterocycles. The summed E-state index contributed by atoms with van der Waals surface area (Å²) >= 11 is 0. The molecule has 2 aromatic heterocycles. The normalized spacial score (nSPS) is 17.5. The lowest BCUT2D eigenvalue weighted by atomic mass is 9.91. The van der Waals surface area contributed by atoms with Crippen LogP contribution in [0.3, 0.4) is 0 Å². The first kappa shape index (κ1) is 34.4. The van der Waals surface area contributed by atoms with E-state index in [1.807, 2.05) is 64.1 Å². The Morgan fingerprint density at radius 3 is 2.55 bits per heavy atom. The summed E-state index contributed by atoms with van der Waals surface area (Å²) in [6.45, 7) is 8.68. The zero-order valence-electron chi connectivity index (χ0n) is 28.7. The molecule has 4 aromatic rings. The summed E-state index contributed by atoms with van der Waals surface area (Å²) in [4.78, 5) is 28.3. The topological polar surface area (TPSA) is 136 Å². The predicted octanol–water partition coefficient (Wildman–Crippen LogP) is 7.93. The number of fused-ring (bicyclic) bond motifs is 1. The summed E-state index contributed by atoms with van der Waals surface area (Å²) in [5, 5.41) is 4.92. The summed E-state index contributed by atoms with van der Waals surface area (Å²) in [5.41, 5.74) is 2.14. The highest BCUT2D eigenvalue weighted by Gasteiger charge is 2.28. The summed E-state index contributed by atoms with van der Waals surface area (Å²) < 4.78 is 41.4. The van der Waals surface area contributed by atoms with Crippen LogP contribution in [0.4, 0.5) is 16.4 Å². The lowest BCUT2D eigenvalue weighted by molar-refractivity contribution is 0.0206. The number of nitrogens with one attached hydrogen (secondary N) is 2. The summed E-state index contributed by atoms with van der Waals surface area (Å²) in [6.07, 6.45) is 10.0. The standard InChI is InChI=1S/C37H46N6O5S/c1-25-17-18-28-29(14-8-16-32(28)42-49(45,46)24-26-11-6-5-7-12-26)33(25)47-34-30(15-9-20-38-34)31-19-21-39-35(41-31)40-27-13-10-22-43(23-27)36(44)48-37(2,3)4/h8-9,14-21,26-27,42H,5-7,10-13,22-24H2,1-4H3,(H,39,40,41)/t27-/m0/s1. The van der Waals surface area contributed by atoms with E-state index < -0.39 is 15.6 Å². The van der Waals surface area contributed by atoms with Gasteiger partial charge in [-0.1, -0.05) is 43.5 Å². The van der Waals surface area contributed by atoms with Crippen molar-refractivity contribution in [2.45, 2.75) is 84.3 Å². The van der Waals surface area contributed by atoms with Gasteiger partial charge in [-0.25, -0.2) is 28.2 Å². The van der Waals surface area contributed by atoms with Gasteiger partial charge in [0, 0.05) is 42.3 Å². The average Bonchev–Trinajstić information content (AvgIpc) is 3.06. The molecule has 1 atom stereocenters. The van der Waals surface area contributed by atoms with Crippen LogP contribution in [0.2, 0.25) is 0 Å². The number of pyridine rings is 1. The monoisotopic (exact) mass is 686 g/mol. The van der Waals surface area contributed by atoms with Crippen molar-refractivity contribution in [1.29, 1.82) is 0 Å². The van der Waals surface area contributed by atoms with Crippen molar-refractivity contribution >= 4 is 38.5 Å². The number of rotatable bonds is 9. The molecule has 2 N–H and O–H groups in total. The van der Waals surface area contributed by atoms with Gasteiger partial charge in [-0.05, 0) is 89.1 Å². The highest BCUT2D eigenvalue weighted by atomic mass is 32.2. The van der Waals surface area contributed by atoms with Crippen molar-refractivity contribution in [3.05, 3.63) is 66.5 Å². The quantitative estimate of drug-likeness (QED) is 0.180. The number of nitrogens with zero attached hydrogens (tertiary/aromatic N) is 4. The molecule has 0 radical (unpaired) electrons. The number of piperidine rings is 1. The van der Waals surface area contributed by atoms with Crippen molar-refractivity contribution in [3.8, 4) is 22.9 Å². The first-order valence-corrected chi connectivity index (χ1v) is 18.8. The van der Waals surface area contributed by atoms with Crippen LogP contribution in [0, 0.1) is 12.8 Å². The average molecular weight is 687 g/mol. The number of aromatic nitrogens is 3. The van der Waals surface area contributed by atoms with Crippen LogP contribution in [0.5, 0.6) is 11.6 Å². The van der Waals surface area contributed by atoms with Gasteiger partial charge in [0.2, 0.25) is 21.9 Å². The Balaban J connectivity index is 1.22. The van der Waals surface area contributed by atoms with Crippen molar-refractivity contribution in [2.75, 3.05) is 28.9 Å². The maximum Gasteiger partial charge on any atom is 0.410 e. The zero-order chi connectivity index (χ0) is 34.6. The highest BCUT2D eigenvalue weighted by molar-refractivity contribution is 7.92. The number of sulfonamides is 1. The van der Waals surface area contributed by atoms with E-state index in [0.717, 1.165) is 54.9 Å². The Morgan fingerprint density at radius 2 is 1.76 bits per heavy atom. The van der Waals surface area contributed by atoms with Gasteiger partial charge in [-0.3, -0.25) is 4.72 Å². The number of hydrogen-bond donors (Lipinski definition) is 2. The van der Waals surface area contributed by atoms with Gasteiger partial charge in [-0.15, -0.1) is 0 Å². The number of amides is 1. The van der Waals surface area contributed by atoms with Gasteiger partial charge >= 0.3 is 6.09 Å². The summed E-state index contributed by atoms with van der Waals surface area (Å²) in [7, 11) is -3.53. The molecule has 260 valence electrons. The highest BCUT2D eigenvalue weighted by Crippen LogP contribution is 2.39. The van der Waals surface area contributed by atoms with Crippen molar-refractivity contribution in [3.63, 3.8) is 0 Å². The second kappa shape index (κ2) is 14.6. The van der Waals surface area contributed by atoms with Crippen LogP contribution in [-0.4, -0.2) is 64.8 Å². The number of carbonyl (C=O) groups excluding carboxylic acids is 1. The molecule has 6 rings (SSSR count). The third-order valence-corrected chi connectivity index (χ3v) is 10.4. The molecule has 1 saturated heterocycles. The molecular weight excluding hydrogens is 641 g/mol. The Morgan fingerprint density at radius 1 is 0.939 bits per heavy atom. The summed E-state index contributed by atoms with van der Waals surface area (Å²) in [6, 6.07) is 14.9. The molecule has 12 heteroatoms.